The Hall–Kier alpha value is -0.850. The average Bonchev–Trinajstić information content (AvgIpc) is 3.04. The van der Waals surface area contributed by atoms with Gasteiger partial charge in [0.25, 0.3) is 5.91 Å². The molecule has 2 fully saturated rings. The second-order valence-corrected chi connectivity index (χ2v) is 8.61. The van der Waals surface area contributed by atoms with Crippen LogP contribution in [0.4, 0.5) is 5.69 Å². The Labute approximate surface area is 142 Å². The van der Waals surface area contributed by atoms with E-state index in [9.17, 15) is 9.59 Å². The normalized spacial score (nSPS) is 27.0. The molecule has 22 heavy (non-hydrogen) atoms. The van der Waals surface area contributed by atoms with Gasteiger partial charge >= 0.3 is 0 Å². The SMILES string of the molecule is O=C1CC[C@]2(C(=O)N3CCSCC3)Sc3ccc(Cl)cc3N12. The number of halogens is 1. The lowest BCUT2D eigenvalue weighted by Gasteiger charge is -2.36. The van der Waals surface area contributed by atoms with E-state index >= 15 is 0 Å². The summed E-state index contributed by atoms with van der Waals surface area (Å²) in [5, 5.41) is 0.594. The topological polar surface area (TPSA) is 40.6 Å². The average molecular weight is 355 g/mol. The van der Waals surface area contributed by atoms with Crippen molar-refractivity contribution in [1.29, 1.82) is 0 Å². The van der Waals surface area contributed by atoms with E-state index in [2.05, 4.69) is 0 Å². The highest BCUT2D eigenvalue weighted by Crippen LogP contribution is 2.57. The predicted molar refractivity (Wildman–Crippen MR) is 90.7 cm³/mol. The molecule has 0 N–H and O–H groups in total. The van der Waals surface area contributed by atoms with Crippen molar-refractivity contribution in [2.24, 2.45) is 0 Å². The van der Waals surface area contributed by atoms with E-state index in [1.165, 1.54) is 11.8 Å². The number of amides is 2. The van der Waals surface area contributed by atoms with Crippen molar-refractivity contribution in [1.82, 2.24) is 4.90 Å². The van der Waals surface area contributed by atoms with Crippen LogP contribution in [0.3, 0.4) is 0 Å². The maximum absolute atomic E-state index is 13.2. The number of hydrogen-bond acceptors (Lipinski definition) is 4. The number of nitrogens with zero attached hydrogens (tertiary/aromatic N) is 2. The lowest BCUT2D eigenvalue weighted by atomic mass is 10.1. The molecule has 116 valence electrons. The summed E-state index contributed by atoms with van der Waals surface area (Å²) in [6.07, 6.45) is 0.999. The Morgan fingerprint density at radius 3 is 2.82 bits per heavy atom. The van der Waals surface area contributed by atoms with E-state index in [1.54, 1.807) is 11.0 Å². The maximum Gasteiger partial charge on any atom is 0.259 e. The zero-order valence-corrected chi connectivity index (χ0v) is 14.3. The summed E-state index contributed by atoms with van der Waals surface area (Å²) in [7, 11) is 0. The first-order valence-corrected chi connectivity index (χ1v) is 9.65. The van der Waals surface area contributed by atoms with Crippen LogP contribution in [0.1, 0.15) is 12.8 Å². The van der Waals surface area contributed by atoms with Crippen LogP contribution >= 0.6 is 35.1 Å². The van der Waals surface area contributed by atoms with Crippen molar-refractivity contribution in [3.05, 3.63) is 23.2 Å². The largest absolute Gasteiger partial charge is 0.338 e. The molecular formula is C15H15ClN2O2S2. The molecule has 0 aliphatic carbocycles. The van der Waals surface area contributed by atoms with Gasteiger partial charge in [0.1, 0.15) is 0 Å². The Kier molecular flexibility index (Phi) is 3.58. The van der Waals surface area contributed by atoms with Crippen LogP contribution < -0.4 is 4.90 Å². The summed E-state index contributed by atoms with van der Waals surface area (Å²) in [4.78, 5) is 29.4. The van der Waals surface area contributed by atoms with Crippen LogP contribution in [0.2, 0.25) is 5.02 Å². The zero-order chi connectivity index (χ0) is 15.3. The monoisotopic (exact) mass is 354 g/mol. The zero-order valence-electron chi connectivity index (χ0n) is 11.9. The van der Waals surface area contributed by atoms with E-state index in [0.29, 0.717) is 17.9 Å². The number of benzene rings is 1. The number of fused-ring (bicyclic) bond motifs is 3. The summed E-state index contributed by atoms with van der Waals surface area (Å²) in [5.41, 5.74) is 0.791. The van der Waals surface area contributed by atoms with Gasteiger partial charge in [0, 0.05) is 40.9 Å². The van der Waals surface area contributed by atoms with Crippen LogP contribution in [-0.2, 0) is 9.59 Å². The third kappa shape index (κ3) is 2.07. The molecule has 0 spiro atoms. The maximum atomic E-state index is 13.2. The van der Waals surface area contributed by atoms with Crippen molar-refractivity contribution in [3.8, 4) is 0 Å². The third-order valence-electron chi connectivity index (χ3n) is 4.36. The number of rotatable bonds is 1. The smallest absolute Gasteiger partial charge is 0.259 e. The fourth-order valence-corrected chi connectivity index (χ4v) is 5.86. The first-order chi connectivity index (χ1) is 10.6. The molecule has 4 rings (SSSR count). The molecule has 1 aromatic rings. The van der Waals surface area contributed by atoms with Gasteiger partial charge in [-0.05, 0) is 24.6 Å². The van der Waals surface area contributed by atoms with Gasteiger partial charge in [0.15, 0.2) is 4.87 Å². The highest BCUT2D eigenvalue weighted by molar-refractivity contribution is 8.02. The van der Waals surface area contributed by atoms with E-state index < -0.39 is 4.87 Å². The van der Waals surface area contributed by atoms with E-state index in [4.69, 9.17) is 11.6 Å². The summed E-state index contributed by atoms with van der Waals surface area (Å²) in [6.45, 7) is 1.54. The number of thioether (sulfide) groups is 2. The number of carbonyl (C=O) groups excluding carboxylic acids is 2. The van der Waals surface area contributed by atoms with Gasteiger partial charge in [0.05, 0.1) is 5.69 Å². The van der Waals surface area contributed by atoms with E-state index in [-0.39, 0.29) is 11.8 Å². The van der Waals surface area contributed by atoms with Gasteiger partial charge in [0.2, 0.25) is 5.91 Å². The van der Waals surface area contributed by atoms with Crippen LogP contribution in [0.5, 0.6) is 0 Å². The molecule has 0 radical (unpaired) electrons. The molecule has 7 heteroatoms. The minimum absolute atomic E-state index is 0.0215. The summed E-state index contributed by atoms with van der Waals surface area (Å²) >= 11 is 9.48. The van der Waals surface area contributed by atoms with Crippen LogP contribution in [0.15, 0.2) is 23.1 Å². The Morgan fingerprint density at radius 1 is 1.27 bits per heavy atom. The molecule has 2 amide bonds. The summed E-state index contributed by atoms with van der Waals surface area (Å²) in [6, 6.07) is 5.53. The van der Waals surface area contributed by atoms with Crippen molar-refractivity contribution in [3.63, 3.8) is 0 Å². The molecule has 1 aromatic carbocycles. The Morgan fingerprint density at radius 2 is 2.05 bits per heavy atom. The highest BCUT2D eigenvalue weighted by Gasteiger charge is 2.58. The molecule has 2 saturated heterocycles. The van der Waals surface area contributed by atoms with E-state index in [1.807, 2.05) is 28.8 Å². The van der Waals surface area contributed by atoms with Gasteiger partial charge in [-0.1, -0.05) is 23.4 Å². The minimum atomic E-state index is -0.786. The Balaban J connectivity index is 1.74. The Bertz CT molecular complexity index is 663. The van der Waals surface area contributed by atoms with Crippen molar-refractivity contribution in [2.75, 3.05) is 29.5 Å². The lowest BCUT2D eigenvalue weighted by Crippen LogP contribution is -2.55. The van der Waals surface area contributed by atoms with E-state index in [0.717, 1.165) is 35.2 Å². The van der Waals surface area contributed by atoms with Gasteiger partial charge in [-0.25, -0.2) is 0 Å². The molecular weight excluding hydrogens is 340 g/mol. The lowest BCUT2D eigenvalue weighted by molar-refractivity contribution is -0.133. The molecule has 1 atom stereocenters. The van der Waals surface area contributed by atoms with Gasteiger partial charge < -0.3 is 4.90 Å². The molecule has 3 heterocycles. The second-order valence-electron chi connectivity index (χ2n) is 5.63. The predicted octanol–water partition coefficient (Wildman–Crippen LogP) is 2.84. The fraction of sp³-hybridized carbons (Fsp3) is 0.467. The van der Waals surface area contributed by atoms with Crippen molar-refractivity contribution < 1.29 is 9.59 Å². The molecule has 0 unspecified atom stereocenters. The number of hydrogen-bond donors (Lipinski definition) is 0. The van der Waals surface area contributed by atoms with Gasteiger partial charge in [-0.2, -0.15) is 11.8 Å². The summed E-state index contributed by atoms with van der Waals surface area (Å²) < 4.78 is 0. The molecule has 3 aliphatic rings. The van der Waals surface area contributed by atoms with Crippen LogP contribution in [0.25, 0.3) is 0 Å². The quantitative estimate of drug-likeness (QED) is 0.777. The second kappa shape index (κ2) is 5.35. The first-order valence-electron chi connectivity index (χ1n) is 7.30. The minimum Gasteiger partial charge on any atom is -0.338 e. The number of carbonyl (C=O) groups is 2. The molecule has 0 bridgehead atoms. The molecule has 3 aliphatic heterocycles. The number of anilines is 1. The van der Waals surface area contributed by atoms with Crippen molar-refractivity contribution >= 4 is 52.6 Å². The van der Waals surface area contributed by atoms with Gasteiger partial charge in [-0.15, -0.1) is 0 Å². The van der Waals surface area contributed by atoms with Gasteiger partial charge in [-0.3, -0.25) is 14.5 Å². The molecule has 0 saturated carbocycles. The summed E-state index contributed by atoms with van der Waals surface area (Å²) in [5.74, 6) is 2.04. The van der Waals surface area contributed by atoms with Crippen LogP contribution in [-0.4, -0.2) is 46.2 Å². The fourth-order valence-electron chi connectivity index (χ4n) is 3.32. The first kappa shape index (κ1) is 14.7. The molecule has 0 aromatic heterocycles. The highest BCUT2D eigenvalue weighted by atomic mass is 35.5. The standard InChI is InChI=1S/C15H15ClN2O2S2/c16-10-1-2-12-11(9-10)18-13(19)3-4-15(18,22-12)14(20)17-5-7-21-8-6-17/h1-2,9H,3-8H2/t15-/m1/s1. The van der Waals surface area contributed by atoms with Crippen LogP contribution in [0, 0.1) is 0 Å². The third-order valence-corrected chi connectivity index (χ3v) is 7.00. The molecule has 4 nitrogen and oxygen atoms in total. The van der Waals surface area contributed by atoms with Crippen molar-refractivity contribution in [2.45, 2.75) is 22.6 Å².